The molecule has 88 valence electrons. The Balaban J connectivity index is 2.18. The second-order valence-corrected chi connectivity index (χ2v) is 15.2. The predicted molar refractivity (Wildman–Crippen MR) is 75.8 cm³/mol. The van der Waals surface area contributed by atoms with Crippen LogP contribution in [0.3, 0.4) is 0 Å². The van der Waals surface area contributed by atoms with Crippen molar-refractivity contribution in [2.45, 2.75) is 70.0 Å². The average Bonchev–Trinajstić information content (AvgIpc) is 2.53. The van der Waals surface area contributed by atoms with Gasteiger partial charge in [0, 0.05) is 17.5 Å². The first-order valence-corrected chi connectivity index (χ1v) is 11.3. The molecule has 0 aromatic heterocycles. The molecule has 1 rings (SSSR count). The van der Waals surface area contributed by atoms with Crippen molar-refractivity contribution in [3.63, 3.8) is 0 Å². The topological polar surface area (TPSA) is 12.4 Å². The number of hydrogen-bond acceptors (Lipinski definition) is 2. The number of hydrogen-bond donors (Lipinski definition) is 0. The zero-order valence-corrected chi connectivity index (χ0v) is 12.4. The predicted octanol–water partition coefficient (Wildman–Crippen LogP) is 4.35. The van der Waals surface area contributed by atoms with Gasteiger partial charge in [0.15, 0.2) is 0 Å². The van der Waals surface area contributed by atoms with Crippen LogP contribution < -0.4 is 0 Å². The summed E-state index contributed by atoms with van der Waals surface area (Å²) in [5, 5.41) is 0.752. The molecule has 1 saturated carbocycles. The van der Waals surface area contributed by atoms with Crippen LogP contribution in [0.1, 0.15) is 39.0 Å². The van der Waals surface area contributed by atoms with Crippen LogP contribution in [0.5, 0.6) is 0 Å². The van der Waals surface area contributed by atoms with Crippen molar-refractivity contribution >= 4 is 24.6 Å². The molecular weight excluding hydrogens is 218 g/mol. The first-order chi connectivity index (χ1) is 6.97. The Bertz CT molecular complexity index is 204. The van der Waals surface area contributed by atoms with Gasteiger partial charge in [-0.25, -0.2) is 0 Å². The van der Waals surface area contributed by atoms with E-state index in [0.717, 1.165) is 11.7 Å². The quantitative estimate of drug-likeness (QED) is 0.517. The van der Waals surface area contributed by atoms with E-state index in [2.05, 4.69) is 49.0 Å². The monoisotopic (exact) mass is 243 g/mol. The van der Waals surface area contributed by atoms with Gasteiger partial charge >= 0.3 is 0 Å². The highest BCUT2D eigenvalue weighted by Crippen LogP contribution is 2.26. The molecule has 0 amide bonds. The molecule has 0 heterocycles. The molecule has 3 heteroatoms. The van der Waals surface area contributed by atoms with Gasteiger partial charge in [-0.3, -0.25) is 4.99 Å². The highest BCUT2D eigenvalue weighted by atomic mass is 32.4. The van der Waals surface area contributed by atoms with Crippen molar-refractivity contribution in [2.24, 2.45) is 4.99 Å². The van der Waals surface area contributed by atoms with Crippen LogP contribution in [0, 0.1) is 0 Å². The minimum atomic E-state index is -0.947. The zero-order valence-electron chi connectivity index (χ0n) is 10.6. The van der Waals surface area contributed by atoms with Gasteiger partial charge in [-0.15, -0.1) is 0 Å². The first-order valence-electron chi connectivity index (χ1n) is 6.17. The number of aliphatic imine (C=N–C) groups is 1. The average molecular weight is 243 g/mol. The highest BCUT2D eigenvalue weighted by molar-refractivity contribution is 8.29. The van der Waals surface area contributed by atoms with E-state index in [4.69, 9.17) is 0 Å². The molecule has 0 bridgehead atoms. The summed E-state index contributed by atoms with van der Waals surface area (Å²) in [7, 11) is -0.947. The van der Waals surface area contributed by atoms with Gasteiger partial charge < -0.3 is 0 Å². The lowest BCUT2D eigenvalue weighted by molar-refractivity contribution is 0.707. The number of nitrogens with zero attached hydrogens (tertiary/aromatic N) is 1. The van der Waals surface area contributed by atoms with E-state index in [1.807, 2.05) is 0 Å². The molecule has 15 heavy (non-hydrogen) atoms. The standard InChI is InChI=1S/C12H25NSSi/c1-11(14-15(2,3)4)9-10-13-12-7-5-6-8-12/h10-12H,5-9H2,1-4H3/b13-10-. The largest absolute Gasteiger partial charge is 0.294 e. The summed E-state index contributed by atoms with van der Waals surface area (Å²) in [6, 6.07) is 0.661. The minimum absolute atomic E-state index is 0.661. The second kappa shape index (κ2) is 6.09. The van der Waals surface area contributed by atoms with Gasteiger partial charge in [0.05, 0.1) is 0 Å². The van der Waals surface area contributed by atoms with Crippen LogP contribution in [0.2, 0.25) is 19.6 Å². The van der Waals surface area contributed by atoms with Crippen LogP contribution in [0.25, 0.3) is 0 Å². The van der Waals surface area contributed by atoms with E-state index < -0.39 is 7.22 Å². The first kappa shape index (κ1) is 13.3. The van der Waals surface area contributed by atoms with Gasteiger partial charge in [-0.2, -0.15) is 11.2 Å². The van der Waals surface area contributed by atoms with Crippen LogP contribution in [0.4, 0.5) is 0 Å². The van der Waals surface area contributed by atoms with Gasteiger partial charge in [-0.1, -0.05) is 39.4 Å². The van der Waals surface area contributed by atoms with Gasteiger partial charge in [0.25, 0.3) is 0 Å². The third kappa shape index (κ3) is 6.41. The molecule has 0 aromatic carbocycles. The molecule has 1 fully saturated rings. The molecule has 1 aliphatic rings. The Labute approximate surface area is 99.8 Å². The van der Waals surface area contributed by atoms with Crippen LogP contribution >= 0.6 is 11.2 Å². The van der Waals surface area contributed by atoms with Crippen LogP contribution in [0.15, 0.2) is 4.99 Å². The minimum Gasteiger partial charge on any atom is -0.294 e. The molecule has 0 radical (unpaired) electrons. The summed E-state index contributed by atoms with van der Waals surface area (Å²) in [4.78, 5) is 4.67. The normalized spacial score (nSPS) is 21.3. The Morgan fingerprint density at radius 2 is 1.93 bits per heavy atom. The SMILES string of the molecule is CC(C/C=N\C1CCCC1)S[Si](C)(C)C. The molecular formula is C12H25NSSi. The fraction of sp³-hybridized carbons (Fsp3) is 0.917. The van der Waals surface area contributed by atoms with E-state index in [9.17, 15) is 0 Å². The van der Waals surface area contributed by atoms with Crippen molar-refractivity contribution in [1.82, 2.24) is 0 Å². The van der Waals surface area contributed by atoms with E-state index in [1.165, 1.54) is 25.7 Å². The second-order valence-electron chi connectivity index (χ2n) is 5.55. The van der Waals surface area contributed by atoms with Crippen LogP contribution in [-0.4, -0.2) is 24.7 Å². The maximum absolute atomic E-state index is 4.67. The Morgan fingerprint density at radius 1 is 1.33 bits per heavy atom. The van der Waals surface area contributed by atoms with Crippen molar-refractivity contribution in [2.75, 3.05) is 0 Å². The zero-order chi connectivity index (χ0) is 11.3. The van der Waals surface area contributed by atoms with Crippen molar-refractivity contribution < 1.29 is 0 Å². The molecule has 1 aliphatic carbocycles. The van der Waals surface area contributed by atoms with E-state index >= 15 is 0 Å². The third-order valence-electron chi connectivity index (χ3n) is 2.63. The van der Waals surface area contributed by atoms with E-state index in [1.54, 1.807) is 0 Å². The molecule has 0 N–H and O–H groups in total. The molecule has 0 spiro atoms. The van der Waals surface area contributed by atoms with Gasteiger partial charge in [0.1, 0.15) is 7.22 Å². The summed E-state index contributed by atoms with van der Waals surface area (Å²) in [6.07, 6.45) is 8.78. The lowest BCUT2D eigenvalue weighted by atomic mass is 10.2. The highest BCUT2D eigenvalue weighted by Gasteiger charge is 2.17. The smallest absolute Gasteiger partial charge is 0.108 e. The fourth-order valence-corrected chi connectivity index (χ4v) is 7.36. The summed E-state index contributed by atoms with van der Waals surface area (Å²) in [5.74, 6) is 0. The Hall–Kier alpha value is 0.237. The Kier molecular flexibility index (Phi) is 5.40. The molecule has 0 aliphatic heterocycles. The van der Waals surface area contributed by atoms with Gasteiger partial charge in [-0.05, 0) is 19.3 Å². The van der Waals surface area contributed by atoms with Crippen molar-refractivity contribution in [1.29, 1.82) is 0 Å². The molecule has 1 atom stereocenters. The summed E-state index contributed by atoms with van der Waals surface area (Å²) < 4.78 is 0. The third-order valence-corrected chi connectivity index (χ3v) is 7.26. The maximum Gasteiger partial charge on any atom is 0.108 e. The van der Waals surface area contributed by atoms with E-state index in [0.29, 0.717) is 6.04 Å². The summed E-state index contributed by atoms with van der Waals surface area (Å²) in [5.41, 5.74) is 0. The fourth-order valence-electron chi connectivity index (χ4n) is 2.06. The van der Waals surface area contributed by atoms with Crippen molar-refractivity contribution in [3.8, 4) is 0 Å². The van der Waals surface area contributed by atoms with Gasteiger partial charge in [0.2, 0.25) is 0 Å². The van der Waals surface area contributed by atoms with Crippen LogP contribution in [-0.2, 0) is 0 Å². The molecule has 1 nitrogen and oxygen atoms in total. The molecule has 0 saturated heterocycles. The summed E-state index contributed by atoms with van der Waals surface area (Å²) in [6.45, 7) is 9.59. The summed E-state index contributed by atoms with van der Waals surface area (Å²) >= 11 is 2.19. The van der Waals surface area contributed by atoms with Crippen molar-refractivity contribution in [3.05, 3.63) is 0 Å². The van der Waals surface area contributed by atoms with E-state index in [-0.39, 0.29) is 0 Å². The Morgan fingerprint density at radius 3 is 2.47 bits per heavy atom. The molecule has 1 unspecified atom stereocenters. The number of rotatable bonds is 5. The molecule has 0 aromatic rings. The maximum atomic E-state index is 4.67. The lowest BCUT2D eigenvalue weighted by Crippen LogP contribution is -2.19. The lowest BCUT2D eigenvalue weighted by Gasteiger charge is -2.19.